The van der Waals surface area contributed by atoms with Crippen molar-refractivity contribution >= 4 is 17.5 Å². The molecule has 1 fully saturated rings. The zero-order valence-corrected chi connectivity index (χ0v) is 13.2. The van der Waals surface area contributed by atoms with Crippen LogP contribution in [0.1, 0.15) is 42.4 Å². The maximum atomic E-state index is 12.1. The van der Waals surface area contributed by atoms with E-state index in [-0.39, 0.29) is 11.3 Å². The van der Waals surface area contributed by atoms with Gasteiger partial charge in [-0.3, -0.25) is 4.79 Å². The number of rotatable bonds is 4. The molecule has 0 spiro atoms. The Hall–Kier alpha value is -1.02. The number of halogens is 1. The molecular formula is C17H24ClNO. The van der Waals surface area contributed by atoms with E-state index in [1.54, 1.807) is 0 Å². The van der Waals surface area contributed by atoms with Crippen LogP contribution in [0.4, 0.5) is 0 Å². The molecule has 2 rings (SSSR count). The lowest BCUT2D eigenvalue weighted by Crippen LogP contribution is -2.35. The third-order valence-corrected chi connectivity index (χ3v) is 4.81. The first kappa shape index (κ1) is 15.4. The monoisotopic (exact) mass is 293 g/mol. The van der Waals surface area contributed by atoms with E-state index in [9.17, 15) is 4.79 Å². The summed E-state index contributed by atoms with van der Waals surface area (Å²) in [7, 11) is 0. The second-order valence-electron chi connectivity index (χ2n) is 5.97. The third-order valence-electron chi connectivity index (χ3n) is 4.23. The van der Waals surface area contributed by atoms with Crippen molar-refractivity contribution < 1.29 is 4.79 Å². The minimum Gasteiger partial charge on any atom is -0.355 e. The maximum Gasteiger partial charge on any atom is 0.224 e. The van der Waals surface area contributed by atoms with Gasteiger partial charge in [0.15, 0.2) is 0 Å². The Kier molecular flexibility index (Phi) is 5.47. The van der Waals surface area contributed by atoms with Crippen LogP contribution in [0.5, 0.6) is 0 Å². The van der Waals surface area contributed by atoms with E-state index < -0.39 is 0 Å². The summed E-state index contributed by atoms with van der Waals surface area (Å²) >= 11 is 6.32. The van der Waals surface area contributed by atoms with Crippen molar-refractivity contribution in [2.45, 2.75) is 51.3 Å². The maximum absolute atomic E-state index is 12.1. The Bertz CT molecular complexity index is 472. The van der Waals surface area contributed by atoms with Gasteiger partial charge in [0.05, 0.1) is 6.42 Å². The molecule has 1 aromatic rings. The van der Waals surface area contributed by atoms with Gasteiger partial charge < -0.3 is 5.32 Å². The molecule has 110 valence electrons. The minimum absolute atomic E-state index is 0.105. The average molecular weight is 294 g/mol. The van der Waals surface area contributed by atoms with Crippen molar-refractivity contribution in [1.29, 1.82) is 0 Å². The second-order valence-corrected chi connectivity index (χ2v) is 6.53. The van der Waals surface area contributed by atoms with Crippen LogP contribution >= 0.6 is 11.6 Å². The summed E-state index contributed by atoms with van der Waals surface area (Å²) in [6, 6.07) is 6.25. The Balaban J connectivity index is 1.84. The fraction of sp³-hybridized carbons (Fsp3) is 0.588. The lowest BCUT2D eigenvalue weighted by molar-refractivity contribution is -0.120. The summed E-state index contributed by atoms with van der Waals surface area (Å²) < 4.78 is 0. The topological polar surface area (TPSA) is 29.1 Å². The zero-order valence-electron chi connectivity index (χ0n) is 12.4. The van der Waals surface area contributed by atoms with Crippen LogP contribution in [0.15, 0.2) is 18.2 Å². The molecule has 20 heavy (non-hydrogen) atoms. The minimum atomic E-state index is 0.105. The van der Waals surface area contributed by atoms with E-state index >= 15 is 0 Å². The van der Waals surface area contributed by atoms with Crippen LogP contribution in [0, 0.1) is 19.8 Å². The van der Waals surface area contributed by atoms with E-state index in [0.29, 0.717) is 12.3 Å². The first-order valence-electron chi connectivity index (χ1n) is 7.53. The molecule has 1 amide bonds. The molecule has 1 N–H and O–H groups in total. The van der Waals surface area contributed by atoms with Gasteiger partial charge in [-0.15, -0.1) is 11.6 Å². The summed E-state index contributed by atoms with van der Waals surface area (Å²) in [6.07, 6.45) is 5.14. The van der Waals surface area contributed by atoms with Crippen LogP contribution in [0.3, 0.4) is 0 Å². The van der Waals surface area contributed by atoms with E-state index in [1.807, 2.05) is 0 Å². The van der Waals surface area contributed by atoms with Gasteiger partial charge in [0, 0.05) is 11.9 Å². The predicted molar refractivity (Wildman–Crippen MR) is 84.2 cm³/mol. The number of carbonyl (C=O) groups excluding carboxylic acids is 1. The van der Waals surface area contributed by atoms with Crippen molar-refractivity contribution in [2.24, 2.45) is 5.92 Å². The Morgan fingerprint density at radius 3 is 2.80 bits per heavy atom. The molecule has 0 aliphatic heterocycles. The van der Waals surface area contributed by atoms with E-state index in [1.165, 1.54) is 24.0 Å². The van der Waals surface area contributed by atoms with Crippen molar-refractivity contribution in [3.05, 3.63) is 34.9 Å². The molecule has 0 bridgehead atoms. The number of alkyl halides is 1. The molecule has 0 heterocycles. The standard InChI is InChI=1S/C17H24ClNO/c1-12-7-8-13(2)15(9-12)10-17(20)19-11-14-5-3-4-6-16(14)18/h7-9,14,16H,3-6,10-11H2,1-2H3,(H,19,20). The number of amides is 1. The SMILES string of the molecule is Cc1ccc(C)c(CC(=O)NCC2CCCCC2Cl)c1. The number of carbonyl (C=O) groups is 1. The normalized spacial score (nSPS) is 22.6. The third kappa shape index (κ3) is 4.24. The Labute approximate surface area is 126 Å². The molecule has 0 saturated heterocycles. The highest BCUT2D eigenvalue weighted by Crippen LogP contribution is 2.28. The van der Waals surface area contributed by atoms with Gasteiger partial charge in [-0.05, 0) is 43.7 Å². The fourth-order valence-electron chi connectivity index (χ4n) is 2.86. The van der Waals surface area contributed by atoms with Gasteiger partial charge in [0.25, 0.3) is 0 Å². The fourth-order valence-corrected chi connectivity index (χ4v) is 3.23. The van der Waals surface area contributed by atoms with Crippen LogP contribution < -0.4 is 5.32 Å². The first-order chi connectivity index (χ1) is 9.56. The summed E-state index contributed by atoms with van der Waals surface area (Å²) in [5.41, 5.74) is 3.50. The molecule has 0 aromatic heterocycles. The molecule has 2 atom stereocenters. The smallest absolute Gasteiger partial charge is 0.224 e. The highest BCUT2D eigenvalue weighted by molar-refractivity contribution is 6.20. The number of nitrogens with one attached hydrogen (secondary N) is 1. The predicted octanol–water partition coefficient (Wildman–Crippen LogP) is 3.76. The molecule has 1 saturated carbocycles. The van der Waals surface area contributed by atoms with Crippen molar-refractivity contribution in [1.82, 2.24) is 5.32 Å². The van der Waals surface area contributed by atoms with Crippen molar-refractivity contribution in [2.75, 3.05) is 6.54 Å². The second kappa shape index (κ2) is 7.12. The largest absolute Gasteiger partial charge is 0.355 e. The number of hydrogen-bond donors (Lipinski definition) is 1. The van der Waals surface area contributed by atoms with Gasteiger partial charge in [-0.1, -0.05) is 36.6 Å². The van der Waals surface area contributed by atoms with Crippen molar-refractivity contribution in [3.8, 4) is 0 Å². The first-order valence-corrected chi connectivity index (χ1v) is 7.97. The molecule has 2 unspecified atom stereocenters. The quantitative estimate of drug-likeness (QED) is 0.842. The highest BCUT2D eigenvalue weighted by Gasteiger charge is 2.23. The summed E-state index contributed by atoms with van der Waals surface area (Å²) in [5, 5.41) is 3.28. The molecule has 1 aromatic carbocycles. The molecule has 2 nitrogen and oxygen atoms in total. The van der Waals surface area contributed by atoms with Crippen molar-refractivity contribution in [3.63, 3.8) is 0 Å². The van der Waals surface area contributed by atoms with Crippen LogP contribution in [0.25, 0.3) is 0 Å². The lowest BCUT2D eigenvalue weighted by Gasteiger charge is -2.27. The van der Waals surface area contributed by atoms with Crippen LogP contribution in [-0.4, -0.2) is 17.8 Å². The van der Waals surface area contributed by atoms with Gasteiger partial charge in [-0.25, -0.2) is 0 Å². The number of benzene rings is 1. The van der Waals surface area contributed by atoms with Gasteiger partial charge in [-0.2, -0.15) is 0 Å². The van der Waals surface area contributed by atoms with E-state index in [4.69, 9.17) is 11.6 Å². The molecule has 0 radical (unpaired) electrons. The number of aryl methyl sites for hydroxylation is 2. The highest BCUT2D eigenvalue weighted by atomic mass is 35.5. The zero-order chi connectivity index (χ0) is 14.5. The van der Waals surface area contributed by atoms with Gasteiger partial charge >= 0.3 is 0 Å². The summed E-state index contributed by atoms with van der Waals surface area (Å²) in [6.45, 7) is 4.83. The number of hydrogen-bond acceptors (Lipinski definition) is 1. The Morgan fingerprint density at radius 2 is 2.05 bits per heavy atom. The van der Waals surface area contributed by atoms with Crippen LogP contribution in [-0.2, 0) is 11.2 Å². The van der Waals surface area contributed by atoms with Crippen LogP contribution in [0.2, 0.25) is 0 Å². The molecule has 1 aliphatic rings. The summed E-state index contributed by atoms with van der Waals surface area (Å²) in [5.74, 6) is 0.543. The van der Waals surface area contributed by atoms with E-state index in [2.05, 4.69) is 37.4 Å². The summed E-state index contributed by atoms with van der Waals surface area (Å²) in [4.78, 5) is 12.1. The van der Waals surface area contributed by atoms with Gasteiger partial charge in [0.2, 0.25) is 5.91 Å². The molecule has 1 aliphatic carbocycles. The van der Waals surface area contributed by atoms with Gasteiger partial charge in [0.1, 0.15) is 0 Å². The molecular weight excluding hydrogens is 270 g/mol. The lowest BCUT2D eigenvalue weighted by atomic mass is 9.88. The van der Waals surface area contributed by atoms with E-state index in [0.717, 1.165) is 24.9 Å². The average Bonchev–Trinajstić information content (AvgIpc) is 2.42. The molecule has 3 heteroatoms. The Morgan fingerprint density at radius 1 is 1.30 bits per heavy atom.